The highest BCUT2D eigenvalue weighted by Gasteiger charge is 2.18. The first-order chi connectivity index (χ1) is 6.46. The molecule has 1 aromatic rings. The third-order valence-corrected chi connectivity index (χ3v) is 2.73. The molecule has 1 rings (SSSR count). The van der Waals surface area contributed by atoms with Crippen molar-refractivity contribution in [1.29, 1.82) is 0 Å². The van der Waals surface area contributed by atoms with E-state index in [9.17, 15) is 5.11 Å². The molecule has 0 aromatic heterocycles. The summed E-state index contributed by atoms with van der Waals surface area (Å²) in [5.41, 5.74) is 4.02. The van der Waals surface area contributed by atoms with Gasteiger partial charge in [0.2, 0.25) is 0 Å². The van der Waals surface area contributed by atoms with Crippen LogP contribution >= 0.6 is 0 Å². The van der Waals surface area contributed by atoms with Crippen LogP contribution in [-0.4, -0.2) is 11.7 Å². The van der Waals surface area contributed by atoms with Crippen LogP contribution in [0.3, 0.4) is 0 Å². The van der Waals surface area contributed by atoms with Crippen molar-refractivity contribution in [3.05, 3.63) is 34.9 Å². The van der Waals surface area contributed by atoms with Gasteiger partial charge >= 0.3 is 0 Å². The summed E-state index contributed by atoms with van der Waals surface area (Å²) in [5, 5.41) is 9.24. The second-order valence-corrected chi connectivity index (χ2v) is 4.87. The Morgan fingerprint density at radius 3 is 2.07 bits per heavy atom. The van der Waals surface area contributed by atoms with E-state index in [2.05, 4.69) is 45.9 Å². The van der Waals surface area contributed by atoms with E-state index in [1.807, 2.05) is 0 Å². The molecule has 1 nitrogen and oxygen atoms in total. The van der Waals surface area contributed by atoms with Gasteiger partial charge in [-0.1, -0.05) is 32.0 Å². The lowest BCUT2D eigenvalue weighted by molar-refractivity contribution is 0.159. The Balaban J connectivity index is 2.97. The van der Waals surface area contributed by atoms with Crippen LogP contribution in [0.5, 0.6) is 0 Å². The number of aliphatic hydroxyl groups is 1. The van der Waals surface area contributed by atoms with Crippen molar-refractivity contribution in [2.24, 2.45) is 5.41 Å². The maximum Gasteiger partial charge on any atom is 0.0485 e. The zero-order valence-corrected chi connectivity index (χ0v) is 9.59. The highest BCUT2D eigenvalue weighted by Crippen LogP contribution is 2.25. The average molecular weight is 192 g/mol. The van der Waals surface area contributed by atoms with Gasteiger partial charge in [-0.2, -0.15) is 0 Å². The summed E-state index contributed by atoms with van der Waals surface area (Å²) >= 11 is 0. The molecule has 1 heteroatoms. The van der Waals surface area contributed by atoms with Gasteiger partial charge in [-0.3, -0.25) is 0 Å². The Morgan fingerprint density at radius 1 is 1.14 bits per heavy atom. The van der Waals surface area contributed by atoms with E-state index >= 15 is 0 Å². The lowest BCUT2D eigenvalue weighted by atomic mass is 9.83. The van der Waals surface area contributed by atoms with Gasteiger partial charge in [-0.15, -0.1) is 0 Å². The van der Waals surface area contributed by atoms with Crippen molar-refractivity contribution in [2.75, 3.05) is 6.61 Å². The number of hydrogen-bond donors (Lipinski definition) is 1. The molecular weight excluding hydrogens is 172 g/mol. The molecule has 0 atom stereocenters. The molecule has 0 bridgehead atoms. The van der Waals surface area contributed by atoms with Crippen LogP contribution in [-0.2, 0) is 6.42 Å². The number of aliphatic hydroxyl groups excluding tert-OH is 1. The Labute approximate surface area is 86.8 Å². The minimum atomic E-state index is -0.0170. The zero-order valence-electron chi connectivity index (χ0n) is 9.59. The second kappa shape index (κ2) is 4.14. The summed E-state index contributed by atoms with van der Waals surface area (Å²) in [7, 11) is 0. The molecule has 0 fully saturated rings. The fourth-order valence-electron chi connectivity index (χ4n) is 1.66. The fourth-order valence-corrected chi connectivity index (χ4v) is 1.66. The number of aryl methyl sites for hydroxylation is 2. The first-order valence-electron chi connectivity index (χ1n) is 5.12. The lowest BCUT2D eigenvalue weighted by Gasteiger charge is -2.23. The smallest absolute Gasteiger partial charge is 0.0485 e. The molecule has 0 aliphatic rings. The van der Waals surface area contributed by atoms with Crippen molar-refractivity contribution < 1.29 is 5.11 Å². The van der Waals surface area contributed by atoms with Gasteiger partial charge in [0.05, 0.1) is 0 Å². The zero-order chi connectivity index (χ0) is 10.8. The van der Waals surface area contributed by atoms with E-state index in [1.165, 1.54) is 16.7 Å². The molecule has 14 heavy (non-hydrogen) atoms. The van der Waals surface area contributed by atoms with Crippen molar-refractivity contribution in [3.8, 4) is 0 Å². The minimum Gasteiger partial charge on any atom is -0.396 e. The third-order valence-electron chi connectivity index (χ3n) is 2.73. The molecule has 0 aliphatic heterocycles. The number of hydrogen-bond acceptors (Lipinski definition) is 1. The minimum absolute atomic E-state index is 0.0170. The lowest BCUT2D eigenvalue weighted by Crippen LogP contribution is -2.20. The van der Waals surface area contributed by atoms with Crippen LogP contribution in [0.15, 0.2) is 18.2 Å². The first-order valence-corrected chi connectivity index (χ1v) is 5.12. The van der Waals surface area contributed by atoms with E-state index in [4.69, 9.17) is 0 Å². The standard InChI is InChI=1S/C13H20O/c1-10-6-5-7-11(2)12(10)8-13(3,4)9-14/h5-7,14H,8-9H2,1-4H3. The van der Waals surface area contributed by atoms with Crippen molar-refractivity contribution in [2.45, 2.75) is 34.1 Å². The Bertz CT molecular complexity index is 293. The molecule has 0 spiro atoms. The monoisotopic (exact) mass is 192 g/mol. The van der Waals surface area contributed by atoms with Crippen LogP contribution in [0.1, 0.15) is 30.5 Å². The topological polar surface area (TPSA) is 20.2 Å². The van der Waals surface area contributed by atoms with E-state index in [1.54, 1.807) is 0 Å². The highest BCUT2D eigenvalue weighted by molar-refractivity contribution is 5.34. The van der Waals surface area contributed by atoms with Crippen LogP contribution in [0.25, 0.3) is 0 Å². The highest BCUT2D eigenvalue weighted by atomic mass is 16.3. The van der Waals surface area contributed by atoms with E-state index in [0.29, 0.717) is 0 Å². The SMILES string of the molecule is Cc1cccc(C)c1CC(C)(C)CO. The quantitative estimate of drug-likeness (QED) is 0.780. The Hall–Kier alpha value is -0.820. The van der Waals surface area contributed by atoms with Crippen LogP contribution < -0.4 is 0 Å². The summed E-state index contributed by atoms with van der Waals surface area (Å²) < 4.78 is 0. The molecular formula is C13H20O. The molecule has 0 saturated heterocycles. The molecule has 0 radical (unpaired) electrons. The molecule has 1 N–H and O–H groups in total. The van der Waals surface area contributed by atoms with E-state index in [0.717, 1.165) is 6.42 Å². The summed E-state index contributed by atoms with van der Waals surface area (Å²) in [5.74, 6) is 0. The maximum absolute atomic E-state index is 9.24. The van der Waals surface area contributed by atoms with Gasteiger partial charge in [0.15, 0.2) is 0 Å². The predicted molar refractivity (Wildman–Crippen MR) is 60.5 cm³/mol. The molecule has 0 unspecified atom stereocenters. The first kappa shape index (κ1) is 11.3. The van der Waals surface area contributed by atoms with Crippen LogP contribution in [0.2, 0.25) is 0 Å². The van der Waals surface area contributed by atoms with Crippen molar-refractivity contribution in [3.63, 3.8) is 0 Å². The molecule has 1 aromatic carbocycles. The van der Waals surface area contributed by atoms with Gasteiger partial charge < -0.3 is 5.11 Å². The maximum atomic E-state index is 9.24. The number of benzene rings is 1. The Morgan fingerprint density at radius 2 is 1.64 bits per heavy atom. The largest absolute Gasteiger partial charge is 0.396 e. The third kappa shape index (κ3) is 2.58. The summed E-state index contributed by atoms with van der Waals surface area (Å²) in [6.45, 7) is 8.70. The predicted octanol–water partition coefficient (Wildman–Crippen LogP) is 2.86. The summed E-state index contributed by atoms with van der Waals surface area (Å²) in [6, 6.07) is 6.35. The van der Waals surface area contributed by atoms with Gasteiger partial charge in [0.25, 0.3) is 0 Å². The molecule has 0 saturated carbocycles. The summed E-state index contributed by atoms with van der Waals surface area (Å²) in [4.78, 5) is 0. The van der Waals surface area contributed by atoms with Gasteiger partial charge in [0.1, 0.15) is 0 Å². The fraction of sp³-hybridized carbons (Fsp3) is 0.538. The van der Waals surface area contributed by atoms with E-state index in [-0.39, 0.29) is 12.0 Å². The Kier molecular flexibility index (Phi) is 3.33. The van der Waals surface area contributed by atoms with Crippen molar-refractivity contribution in [1.82, 2.24) is 0 Å². The summed E-state index contributed by atoms with van der Waals surface area (Å²) in [6.07, 6.45) is 0.946. The normalized spacial score (nSPS) is 11.8. The van der Waals surface area contributed by atoms with Crippen LogP contribution in [0.4, 0.5) is 0 Å². The van der Waals surface area contributed by atoms with Gasteiger partial charge in [0, 0.05) is 6.61 Å². The molecule has 0 amide bonds. The van der Waals surface area contributed by atoms with Gasteiger partial charge in [-0.25, -0.2) is 0 Å². The van der Waals surface area contributed by atoms with Crippen LogP contribution in [0, 0.1) is 19.3 Å². The molecule has 0 aliphatic carbocycles. The number of rotatable bonds is 3. The average Bonchev–Trinajstić information content (AvgIpc) is 2.12. The van der Waals surface area contributed by atoms with Gasteiger partial charge in [-0.05, 0) is 42.4 Å². The van der Waals surface area contributed by atoms with Crippen molar-refractivity contribution >= 4 is 0 Å². The van der Waals surface area contributed by atoms with E-state index < -0.39 is 0 Å². The molecule has 0 heterocycles. The second-order valence-electron chi connectivity index (χ2n) is 4.87. The molecule has 78 valence electrons.